The fraction of sp³-hybridized carbons (Fsp3) is 0. The van der Waals surface area contributed by atoms with Gasteiger partial charge in [-0.05, 0) is 30.3 Å². The number of nitrogens with zero attached hydrogens (tertiary/aromatic N) is 4. The Hall–Kier alpha value is -3.13. The zero-order chi connectivity index (χ0) is 21.3. The number of hydrogen-bond acceptors (Lipinski definition) is 5. The second-order valence-corrected chi connectivity index (χ2v) is 7.42. The van der Waals surface area contributed by atoms with Gasteiger partial charge < -0.3 is 11.1 Å². The normalized spacial score (nSPS) is 10.8. The van der Waals surface area contributed by atoms with Gasteiger partial charge in [0, 0.05) is 11.3 Å². The third kappa shape index (κ3) is 3.95. The van der Waals surface area contributed by atoms with Crippen LogP contribution in [0.3, 0.4) is 0 Å². The molecule has 7 nitrogen and oxygen atoms in total. The minimum Gasteiger partial charge on any atom is -0.364 e. The van der Waals surface area contributed by atoms with E-state index >= 15 is 0 Å². The van der Waals surface area contributed by atoms with Crippen molar-refractivity contribution in [3.63, 3.8) is 0 Å². The number of benzene rings is 2. The summed E-state index contributed by atoms with van der Waals surface area (Å²) in [6, 6.07) is 14.0. The third-order valence-electron chi connectivity index (χ3n) is 4.22. The van der Waals surface area contributed by atoms with Crippen molar-refractivity contribution in [2.24, 2.45) is 5.73 Å². The molecule has 2 heterocycles. The van der Waals surface area contributed by atoms with Crippen molar-refractivity contribution >= 4 is 52.1 Å². The smallest absolute Gasteiger partial charge is 0.271 e. The van der Waals surface area contributed by atoms with Crippen LogP contribution in [0, 0.1) is 0 Å². The van der Waals surface area contributed by atoms with Gasteiger partial charge in [0.1, 0.15) is 11.4 Å². The molecular weight excluding hydrogens is 447 g/mol. The van der Waals surface area contributed by atoms with Crippen molar-refractivity contribution in [1.29, 1.82) is 0 Å². The van der Waals surface area contributed by atoms with E-state index in [1.807, 2.05) is 24.3 Å². The summed E-state index contributed by atoms with van der Waals surface area (Å²) >= 11 is 18.7. The summed E-state index contributed by atoms with van der Waals surface area (Å²) in [6.45, 7) is 0. The summed E-state index contributed by atoms with van der Waals surface area (Å²) in [5.41, 5.74) is 8.48. The Morgan fingerprint density at radius 3 is 2.30 bits per heavy atom. The SMILES string of the molecule is NC(=O)c1nn(-c2c(Cl)cccc2Cl)cc1Nc1ccc(-c2nnccc2Cl)cc1. The topological polar surface area (TPSA) is 98.7 Å². The van der Waals surface area contributed by atoms with Crippen LogP contribution in [-0.2, 0) is 0 Å². The van der Waals surface area contributed by atoms with E-state index in [1.165, 1.54) is 10.9 Å². The lowest BCUT2D eigenvalue weighted by Crippen LogP contribution is -2.14. The monoisotopic (exact) mass is 458 g/mol. The van der Waals surface area contributed by atoms with Gasteiger partial charge in [-0.2, -0.15) is 10.2 Å². The van der Waals surface area contributed by atoms with E-state index in [1.54, 1.807) is 30.5 Å². The summed E-state index contributed by atoms with van der Waals surface area (Å²) in [5, 5.41) is 16.6. The molecule has 0 aliphatic rings. The molecule has 2 aromatic carbocycles. The van der Waals surface area contributed by atoms with Gasteiger partial charge in [-0.15, -0.1) is 5.10 Å². The Labute approximate surface area is 186 Å². The van der Waals surface area contributed by atoms with Crippen LogP contribution in [0.4, 0.5) is 11.4 Å². The summed E-state index contributed by atoms with van der Waals surface area (Å²) in [6.07, 6.45) is 3.12. The van der Waals surface area contributed by atoms with Gasteiger partial charge in [0.25, 0.3) is 5.91 Å². The van der Waals surface area contributed by atoms with E-state index in [2.05, 4.69) is 20.6 Å². The molecule has 4 rings (SSSR count). The van der Waals surface area contributed by atoms with E-state index in [9.17, 15) is 4.79 Å². The molecule has 0 fully saturated rings. The van der Waals surface area contributed by atoms with Gasteiger partial charge in [-0.25, -0.2) is 4.68 Å². The first kappa shape index (κ1) is 20.2. The Balaban J connectivity index is 1.67. The number of carbonyl (C=O) groups excluding carboxylic acids is 1. The van der Waals surface area contributed by atoms with Crippen molar-refractivity contribution in [3.8, 4) is 16.9 Å². The molecule has 3 N–H and O–H groups in total. The van der Waals surface area contributed by atoms with Crippen LogP contribution in [0.15, 0.2) is 60.9 Å². The number of amides is 1. The van der Waals surface area contributed by atoms with E-state index in [0.29, 0.717) is 37.8 Å². The van der Waals surface area contributed by atoms with Gasteiger partial charge in [0.05, 0.1) is 33.1 Å². The van der Waals surface area contributed by atoms with Gasteiger partial charge in [-0.1, -0.05) is 53.0 Å². The minimum atomic E-state index is -0.692. The molecule has 0 unspecified atom stereocenters. The highest BCUT2D eigenvalue weighted by molar-refractivity contribution is 6.37. The molecule has 4 aromatic rings. The number of primary amides is 1. The molecule has 0 aliphatic carbocycles. The molecule has 0 aliphatic heterocycles. The molecule has 30 heavy (non-hydrogen) atoms. The number of nitrogens with two attached hydrogens (primary N) is 1. The number of para-hydroxylation sites is 1. The van der Waals surface area contributed by atoms with Crippen molar-refractivity contribution in [3.05, 3.63) is 81.7 Å². The Kier molecular flexibility index (Phi) is 5.59. The third-order valence-corrected chi connectivity index (χ3v) is 5.14. The predicted octanol–water partition coefficient (Wildman–Crippen LogP) is 5.13. The average Bonchev–Trinajstić information content (AvgIpc) is 3.12. The number of nitrogens with one attached hydrogen (secondary N) is 1. The molecule has 0 radical (unpaired) electrons. The number of anilines is 2. The number of rotatable bonds is 5. The van der Waals surface area contributed by atoms with Crippen molar-refractivity contribution in [2.75, 3.05) is 5.32 Å². The standard InChI is InChI=1S/C20H13Cl3N6O/c21-13-8-9-25-27-17(13)11-4-6-12(7-5-11)26-16-10-29(28-18(16)20(24)30)19-14(22)2-1-3-15(19)23/h1-10,26H,(H2,24,30). The lowest BCUT2D eigenvalue weighted by molar-refractivity contribution is 0.0996. The lowest BCUT2D eigenvalue weighted by Gasteiger charge is -2.07. The van der Waals surface area contributed by atoms with Gasteiger partial charge >= 0.3 is 0 Å². The quantitative estimate of drug-likeness (QED) is 0.431. The van der Waals surface area contributed by atoms with Gasteiger partial charge in [0.2, 0.25) is 0 Å². The Morgan fingerprint density at radius 1 is 0.967 bits per heavy atom. The molecule has 0 saturated heterocycles. The first-order valence-corrected chi connectivity index (χ1v) is 9.76. The second kappa shape index (κ2) is 8.31. The van der Waals surface area contributed by atoms with Crippen LogP contribution in [0.5, 0.6) is 0 Å². The van der Waals surface area contributed by atoms with Crippen LogP contribution in [0.1, 0.15) is 10.5 Å². The summed E-state index contributed by atoms with van der Waals surface area (Å²) < 4.78 is 1.42. The molecule has 0 saturated carbocycles. The highest BCUT2D eigenvalue weighted by Gasteiger charge is 2.18. The van der Waals surface area contributed by atoms with Crippen molar-refractivity contribution in [1.82, 2.24) is 20.0 Å². The minimum absolute atomic E-state index is 0.0482. The maximum Gasteiger partial charge on any atom is 0.271 e. The molecule has 150 valence electrons. The van der Waals surface area contributed by atoms with E-state index in [-0.39, 0.29) is 5.69 Å². The lowest BCUT2D eigenvalue weighted by atomic mass is 10.1. The van der Waals surface area contributed by atoms with Gasteiger partial charge in [-0.3, -0.25) is 4.79 Å². The zero-order valence-corrected chi connectivity index (χ0v) is 17.4. The molecular formula is C20H13Cl3N6O. The first-order valence-electron chi connectivity index (χ1n) is 8.62. The van der Waals surface area contributed by atoms with Crippen molar-refractivity contribution < 1.29 is 4.79 Å². The number of aromatic nitrogens is 4. The van der Waals surface area contributed by atoms with Gasteiger partial charge in [0.15, 0.2) is 5.69 Å². The van der Waals surface area contributed by atoms with Crippen LogP contribution >= 0.6 is 34.8 Å². The van der Waals surface area contributed by atoms with Crippen LogP contribution in [0.2, 0.25) is 15.1 Å². The highest BCUT2D eigenvalue weighted by atomic mass is 35.5. The molecule has 0 atom stereocenters. The average molecular weight is 460 g/mol. The Bertz CT molecular complexity index is 1220. The predicted molar refractivity (Wildman–Crippen MR) is 118 cm³/mol. The molecule has 2 aromatic heterocycles. The zero-order valence-electron chi connectivity index (χ0n) is 15.2. The maximum atomic E-state index is 11.9. The number of hydrogen-bond donors (Lipinski definition) is 2. The summed E-state index contributed by atoms with van der Waals surface area (Å²) in [7, 11) is 0. The number of carbonyl (C=O) groups is 1. The van der Waals surface area contributed by atoms with Crippen molar-refractivity contribution in [2.45, 2.75) is 0 Å². The molecule has 10 heteroatoms. The summed E-state index contributed by atoms with van der Waals surface area (Å²) in [5.74, 6) is -0.692. The van der Waals surface area contributed by atoms with Crippen LogP contribution in [0.25, 0.3) is 16.9 Å². The molecule has 0 spiro atoms. The summed E-state index contributed by atoms with van der Waals surface area (Å²) in [4.78, 5) is 11.9. The second-order valence-electron chi connectivity index (χ2n) is 6.20. The van der Waals surface area contributed by atoms with E-state index in [4.69, 9.17) is 40.5 Å². The fourth-order valence-corrected chi connectivity index (χ4v) is 3.62. The largest absolute Gasteiger partial charge is 0.364 e. The number of halogens is 3. The molecule has 0 bridgehead atoms. The van der Waals surface area contributed by atoms with Crippen LogP contribution in [-0.4, -0.2) is 25.9 Å². The Morgan fingerprint density at radius 2 is 1.67 bits per heavy atom. The van der Waals surface area contributed by atoms with E-state index < -0.39 is 5.91 Å². The molecule has 1 amide bonds. The fourth-order valence-electron chi connectivity index (χ4n) is 2.85. The van der Waals surface area contributed by atoms with E-state index in [0.717, 1.165) is 5.56 Å². The highest BCUT2D eigenvalue weighted by Crippen LogP contribution is 2.31. The van der Waals surface area contributed by atoms with Crippen LogP contribution < -0.4 is 11.1 Å². The first-order chi connectivity index (χ1) is 14.4. The maximum absolute atomic E-state index is 11.9.